The van der Waals surface area contributed by atoms with E-state index in [0.29, 0.717) is 0 Å². The van der Waals surface area contributed by atoms with Gasteiger partial charge >= 0.3 is 0 Å². The molecule has 6 heteroatoms. The molecule has 2 aromatic rings. The molecule has 2 saturated heterocycles. The lowest BCUT2D eigenvalue weighted by Crippen LogP contribution is -2.41. The SMILES string of the molecule is CC(C)N1C(=O)[C@@H]2[C@H](ON(c3ccccc3)[C@@H]2c2cccs2)C1=O. The summed E-state index contributed by atoms with van der Waals surface area (Å²) < 4.78 is 0. The van der Waals surface area contributed by atoms with Crippen LogP contribution in [0.1, 0.15) is 24.8 Å². The van der Waals surface area contributed by atoms with E-state index in [4.69, 9.17) is 4.84 Å². The molecule has 1 aromatic heterocycles. The Morgan fingerprint density at radius 1 is 1.04 bits per heavy atom. The maximum Gasteiger partial charge on any atom is 0.262 e. The molecule has 4 rings (SSSR count). The first kappa shape index (κ1) is 15.4. The number of anilines is 1. The Balaban J connectivity index is 1.78. The van der Waals surface area contributed by atoms with Crippen LogP contribution in [0.3, 0.4) is 0 Å². The first-order valence-electron chi connectivity index (χ1n) is 8.01. The Kier molecular flexibility index (Phi) is 3.66. The second-order valence-electron chi connectivity index (χ2n) is 6.31. The van der Waals surface area contributed by atoms with Crippen molar-refractivity contribution in [3.05, 3.63) is 52.7 Å². The molecule has 2 amide bonds. The summed E-state index contributed by atoms with van der Waals surface area (Å²) in [5.74, 6) is -0.879. The molecule has 5 nitrogen and oxygen atoms in total. The molecule has 3 heterocycles. The summed E-state index contributed by atoms with van der Waals surface area (Å²) in [4.78, 5) is 34.0. The summed E-state index contributed by atoms with van der Waals surface area (Å²) in [6, 6.07) is 13.1. The monoisotopic (exact) mass is 342 g/mol. The Labute approximate surface area is 144 Å². The predicted octanol–water partition coefficient (Wildman–Crippen LogP) is 3.00. The minimum Gasteiger partial charge on any atom is -0.277 e. The molecule has 24 heavy (non-hydrogen) atoms. The smallest absolute Gasteiger partial charge is 0.262 e. The fraction of sp³-hybridized carbons (Fsp3) is 0.333. The Morgan fingerprint density at radius 2 is 1.79 bits per heavy atom. The number of imide groups is 1. The molecular formula is C18H18N2O3S. The van der Waals surface area contributed by atoms with Gasteiger partial charge in [0, 0.05) is 10.9 Å². The molecule has 1 aromatic carbocycles. The van der Waals surface area contributed by atoms with Gasteiger partial charge < -0.3 is 0 Å². The molecular weight excluding hydrogens is 324 g/mol. The van der Waals surface area contributed by atoms with Gasteiger partial charge in [0.15, 0.2) is 6.10 Å². The Hall–Kier alpha value is -2.18. The molecule has 0 N–H and O–H groups in total. The Bertz CT molecular complexity index is 760. The van der Waals surface area contributed by atoms with Gasteiger partial charge in [0.05, 0.1) is 5.69 Å². The number of fused-ring (bicyclic) bond motifs is 1. The zero-order valence-corrected chi connectivity index (χ0v) is 14.3. The van der Waals surface area contributed by atoms with Crippen LogP contribution in [0.2, 0.25) is 0 Å². The van der Waals surface area contributed by atoms with E-state index in [1.54, 1.807) is 16.4 Å². The van der Waals surface area contributed by atoms with Crippen LogP contribution in [0, 0.1) is 5.92 Å². The van der Waals surface area contributed by atoms with Gasteiger partial charge in [-0.2, -0.15) is 0 Å². The summed E-state index contributed by atoms with van der Waals surface area (Å²) in [7, 11) is 0. The van der Waals surface area contributed by atoms with Gasteiger partial charge in [-0.15, -0.1) is 11.3 Å². The van der Waals surface area contributed by atoms with Crippen molar-refractivity contribution in [1.82, 2.24) is 4.90 Å². The lowest BCUT2D eigenvalue weighted by Gasteiger charge is -2.28. The number of carbonyl (C=O) groups excluding carboxylic acids is 2. The number of hydroxylamine groups is 1. The molecule has 0 radical (unpaired) electrons. The van der Waals surface area contributed by atoms with Crippen molar-refractivity contribution in [3.63, 3.8) is 0 Å². The van der Waals surface area contributed by atoms with Crippen molar-refractivity contribution in [2.24, 2.45) is 5.92 Å². The normalized spacial score (nSPS) is 26.5. The van der Waals surface area contributed by atoms with E-state index < -0.39 is 12.0 Å². The summed E-state index contributed by atoms with van der Waals surface area (Å²) in [6.07, 6.45) is -0.743. The van der Waals surface area contributed by atoms with E-state index in [2.05, 4.69) is 0 Å². The molecule has 0 aliphatic carbocycles. The van der Waals surface area contributed by atoms with Crippen LogP contribution < -0.4 is 5.06 Å². The number of hydrogen-bond donors (Lipinski definition) is 0. The van der Waals surface area contributed by atoms with E-state index >= 15 is 0 Å². The lowest BCUT2D eigenvalue weighted by molar-refractivity contribution is -0.145. The van der Waals surface area contributed by atoms with Gasteiger partial charge in [-0.25, -0.2) is 5.06 Å². The van der Waals surface area contributed by atoms with Crippen LogP contribution in [-0.4, -0.2) is 28.9 Å². The predicted molar refractivity (Wildman–Crippen MR) is 91.3 cm³/mol. The van der Waals surface area contributed by atoms with Crippen LogP contribution in [0.4, 0.5) is 5.69 Å². The number of hydrogen-bond acceptors (Lipinski definition) is 5. The quantitative estimate of drug-likeness (QED) is 0.805. The van der Waals surface area contributed by atoms with Crippen molar-refractivity contribution >= 4 is 28.8 Å². The first-order chi connectivity index (χ1) is 11.6. The minimum atomic E-state index is -0.743. The van der Waals surface area contributed by atoms with Crippen molar-refractivity contribution in [2.45, 2.75) is 32.0 Å². The van der Waals surface area contributed by atoms with Crippen LogP contribution in [0.5, 0.6) is 0 Å². The number of carbonyl (C=O) groups is 2. The highest BCUT2D eigenvalue weighted by Crippen LogP contribution is 2.47. The van der Waals surface area contributed by atoms with Gasteiger partial charge in [0.25, 0.3) is 5.91 Å². The van der Waals surface area contributed by atoms with Gasteiger partial charge in [-0.1, -0.05) is 24.3 Å². The molecule has 2 aliphatic rings. The second kappa shape index (κ2) is 5.72. The molecule has 124 valence electrons. The fourth-order valence-electron chi connectivity index (χ4n) is 3.49. The molecule has 0 bridgehead atoms. The van der Waals surface area contributed by atoms with E-state index in [0.717, 1.165) is 10.6 Å². The van der Waals surface area contributed by atoms with Gasteiger partial charge in [-0.3, -0.25) is 19.3 Å². The molecule has 2 aliphatic heterocycles. The lowest BCUT2D eigenvalue weighted by atomic mass is 9.95. The summed E-state index contributed by atoms with van der Waals surface area (Å²) >= 11 is 1.58. The molecule has 0 spiro atoms. The van der Waals surface area contributed by atoms with Crippen molar-refractivity contribution in [3.8, 4) is 0 Å². The number of likely N-dealkylation sites (tertiary alicyclic amines) is 1. The van der Waals surface area contributed by atoms with E-state index in [-0.39, 0.29) is 23.9 Å². The molecule has 2 fully saturated rings. The molecule has 0 unspecified atom stereocenters. The number of rotatable bonds is 3. The fourth-order valence-corrected chi connectivity index (χ4v) is 4.35. The Morgan fingerprint density at radius 3 is 2.42 bits per heavy atom. The van der Waals surface area contributed by atoms with Gasteiger partial charge in [-0.05, 0) is 37.4 Å². The van der Waals surface area contributed by atoms with E-state index in [1.807, 2.05) is 61.7 Å². The van der Waals surface area contributed by atoms with Gasteiger partial charge in [0.1, 0.15) is 12.0 Å². The standard InChI is InChI=1S/C18H18N2O3S/c1-11(2)19-17(21)14-15(13-9-6-10-24-13)20(23-16(14)18(19)22)12-7-4-3-5-8-12/h3-11,14-16H,1-2H3/t14-,15+,16-/m0/s1. The second-order valence-corrected chi connectivity index (χ2v) is 7.29. The van der Waals surface area contributed by atoms with E-state index in [9.17, 15) is 9.59 Å². The number of amides is 2. The average molecular weight is 342 g/mol. The molecule has 3 atom stereocenters. The third kappa shape index (κ3) is 2.17. The summed E-state index contributed by atoms with van der Waals surface area (Å²) in [5.41, 5.74) is 0.849. The third-order valence-electron chi connectivity index (χ3n) is 4.51. The number of thiophene rings is 1. The largest absolute Gasteiger partial charge is 0.277 e. The molecule has 0 saturated carbocycles. The van der Waals surface area contributed by atoms with Crippen molar-refractivity contribution < 1.29 is 14.4 Å². The zero-order valence-electron chi connectivity index (χ0n) is 13.5. The maximum atomic E-state index is 12.9. The van der Waals surface area contributed by atoms with E-state index in [1.165, 1.54) is 4.90 Å². The highest BCUT2D eigenvalue weighted by atomic mass is 32.1. The summed E-state index contributed by atoms with van der Waals surface area (Å²) in [5, 5.41) is 3.71. The van der Waals surface area contributed by atoms with Gasteiger partial charge in [0.2, 0.25) is 5.91 Å². The topological polar surface area (TPSA) is 49.9 Å². The van der Waals surface area contributed by atoms with Crippen LogP contribution in [-0.2, 0) is 14.4 Å². The number of nitrogens with zero attached hydrogens (tertiary/aromatic N) is 2. The van der Waals surface area contributed by atoms with Crippen molar-refractivity contribution in [1.29, 1.82) is 0 Å². The highest BCUT2D eigenvalue weighted by molar-refractivity contribution is 7.10. The van der Waals surface area contributed by atoms with Crippen LogP contribution >= 0.6 is 11.3 Å². The summed E-state index contributed by atoms with van der Waals surface area (Å²) in [6.45, 7) is 3.71. The third-order valence-corrected chi connectivity index (χ3v) is 5.45. The number of para-hydroxylation sites is 1. The zero-order chi connectivity index (χ0) is 16.8. The van der Waals surface area contributed by atoms with Crippen molar-refractivity contribution in [2.75, 3.05) is 5.06 Å². The van der Waals surface area contributed by atoms with Crippen LogP contribution in [0.15, 0.2) is 47.8 Å². The minimum absolute atomic E-state index is 0.142. The highest BCUT2D eigenvalue weighted by Gasteiger charge is 2.60. The first-order valence-corrected chi connectivity index (χ1v) is 8.89. The maximum absolute atomic E-state index is 12.9. The number of benzene rings is 1. The van der Waals surface area contributed by atoms with Crippen LogP contribution in [0.25, 0.3) is 0 Å². The average Bonchev–Trinajstić information content (AvgIpc) is 3.26.